The van der Waals surface area contributed by atoms with E-state index in [1.807, 2.05) is 18.2 Å². The molecule has 1 aromatic carbocycles. The Morgan fingerprint density at radius 1 is 1.18 bits per heavy atom. The van der Waals surface area contributed by atoms with Crippen LogP contribution in [0.5, 0.6) is 0 Å². The standard InChI is InChI=1S/C21H30N4O3/c1-14(22-21(27)24-18-9-12-28-19(18)15-7-8-15)20(26)23-16-5-4-6-17(13-16)25-10-2-3-11-25/h4-6,13-15,18-19H,2-3,7-12H2,1H3,(H,23,26)(H2,22,24,27). The molecule has 7 heteroatoms. The van der Waals surface area contributed by atoms with Crippen LogP contribution in [0.15, 0.2) is 24.3 Å². The second-order valence-electron chi connectivity index (χ2n) is 8.14. The molecule has 3 atom stereocenters. The van der Waals surface area contributed by atoms with E-state index in [-0.39, 0.29) is 24.1 Å². The first-order chi connectivity index (χ1) is 13.6. The Balaban J connectivity index is 1.27. The van der Waals surface area contributed by atoms with Gasteiger partial charge in [-0.3, -0.25) is 4.79 Å². The molecule has 28 heavy (non-hydrogen) atoms. The van der Waals surface area contributed by atoms with E-state index >= 15 is 0 Å². The largest absolute Gasteiger partial charge is 0.376 e. The Labute approximate surface area is 166 Å². The number of hydrogen-bond donors (Lipinski definition) is 3. The molecule has 152 valence electrons. The minimum absolute atomic E-state index is 0.0416. The van der Waals surface area contributed by atoms with Gasteiger partial charge < -0.3 is 25.6 Å². The molecule has 2 aliphatic heterocycles. The smallest absolute Gasteiger partial charge is 0.315 e. The van der Waals surface area contributed by atoms with Gasteiger partial charge in [-0.05, 0) is 63.1 Å². The lowest BCUT2D eigenvalue weighted by Gasteiger charge is -2.22. The summed E-state index contributed by atoms with van der Waals surface area (Å²) in [6.45, 7) is 4.50. The SMILES string of the molecule is CC(NC(=O)NC1CCOC1C1CC1)C(=O)Nc1cccc(N2CCCC2)c1. The van der Waals surface area contributed by atoms with Crippen molar-refractivity contribution in [2.75, 3.05) is 29.9 Å². The number of carbonyl (C=O) groups excluding carboxylic acids is 2. The minimum atomic E-state index is -0.628. The van der Waals surface area contributed by atoms with Crippen LogP contribution in [0.1, 0.15) is 39.0 Å². The molecule has 3 unspecified atom stereocenters. The molecular weight excluding hydrogens is 356 g/mol. The number of rotatable bonds is 6. The topological polar surface area (TPSA) is 82.7 Å². The van der Waals surface area contributed by atoms with E-state index in [0.29, 0.717) is 12.5 Å². The van der Waals surface area contributed by atoms with E-state index in [4.69, 9.17) is 4.74 Å². The number of carbonyl (C=O) groups is 2. The summed E-state index contributed by atoms with van der Waals surface area (Å²) in [4.78, 5) is 27.2. The zero-order valence-corrected chi connectivity index (χ0v) is 16.4. The van der Waals surface area contributed by atoms with Crippen LogP contribution in [0, 0.1) is 5.92 Å². The fourth-order valence-corrected chi connectivity index (χ4v) is 4.13. The predicted octanol–water partition coefficient (Wildman–Crippen LogP) is 2.48. The van der Waals surface area contributed by atoms with Crippen molar-refractivity contribution in [3.05, 3.63) is 24.3 Å². The number of nitrogens with zero attached hydrogens (tertiary/aromatic N) is 1. The Morgan fingerprint density at radius 2 is 1.96 bits per heavy atom. The summed E-state index contributed by atoms with van der Waals surface area (Å²) in [5, 5.41) is 8.64. The highest BCUT2D eigenvalue weighted by atomic mass is 16.5. The Bertz CT molecular complexity index is 715. The van der Waals surface area contributed by atoms with Crippen LogP contribution < -0.4 is 20.9 Å². The fraction of sp³-hybridized carbons (Fsp3) is 0.619. The molecule has 2 saturated heterocycles. The highest BCUT2D eigenvalue weighted by Crippen LogP contribution is 2.38. The lowest BCUT2D eigenvalue weighted by molar-refractivity contribution is -0.117. The van der Waals surface area contributed by atoms with Gasteiger partial charge >= 0.3 is 6.03 Å². The van der Waals surface area contributed by atoms with Crippen molar-refractivity contribution in [2.45, 2.75) is 57.2 Å². The first kappa shape index (κ1) is 19.1. The van der Waals surface area contributed by atoms with Crippen molar-refractivity contribution < 1.29 is 14.3 Å². The lowest BCUT2D eigenvalue weighted by Crippen LogP contribution is -2.51. The third kappa shape index (κ3) is 4.58. The van der Waals surface area contributed by atoms with Gasteiger partial charge in [0.15, 0.2) is 0 Å². The lowest BCUT2D eigenvalue weighted by atomic mass is 10.1. The first-order valence-electron chi connectivity index (χ1n) is 10.4. The third-order valence-electron chi connectivity index (χ3n) is 5.86. The molecule has 3 N–H and O–H groups in total. The van der Waals surface area contributed by atoms with Crippen LogP contribution in [0.25, 0.3) is 0 Å². The Kier molecular flexibility index (Phi) is 5.71. The van der Waals surface area contributed by atoms with Crippen molar-refractivity contribution in [1.82, 2.24) is 10.6 Å². The summed E-state index contributed by atoms with van der Waals surface area (Å²) in [5.74, 6) is 0.353. The second-order valence-corrected chi connectivity index (χ2v) is 8.14. The predicted molar refractivity (Wildman–Crippen MR) is 109 cm³/mol. The van der Waals surface area contributed by atoms with Crippen LogP contribution >= 0.6 is 0 Å². The number of urea groups is 1. The van der Waals surface area contributed by atoms with E-state index in [1.165, 1.54) is 25.7 Å². The quantitative estimate of drug-likeness (QED) is 0.701. The molecule has 1 saturated carbocycles. The zero-order valence-electron chi connectivity index (χ0n) is 16.4. The van der Waals surface area contributed by atoms with Gasteiger partial charge in [0.2, 0.25) is 5.91 Å². The molecule has 3 fully saturated rings. The Morgan fingerprint density at radius 3 is 2.71 bits per heavy atom. The number of ether oxygens (including phenoxy) is 1. The molecule has 0 bridgehead atoms. The van der Waals surface area contributed by atoms with Gasteiger partial charge in [-0.1, -0.05) is 6.07 Å². The average Bonchev–Trinajstić information content (AvgIpc) is 3.17. The maximum atomic E-state index is 12.5. The van der Waals surface area contributed by atoms with Crippen molar-refractivity contribution in [3.63, 3.8) is 0 Å². The monoisotopic (exact) mass is 386 g/mol. The van der Waals surface area contributed by atoms with Gasteiger partial charge in [0, 0.05) is 31.1 Å². The molecule has 0 spiro atoms. The summed E-state index contributed by atoms with van der Waals surface area (Å²) in [6, 6.07) is 6.99. The van der Waals surface area contributed by atoms with E-state index in [1.54, 1.807) is 6.92 Å². The molecule has 3 amide bonds. The van der Waals surface area contributed by atoms with Crippen molar-refractivity contribution >= 4 is 23.3 Å². The van der Waals surface area contributed by atoms with E-state index in [9.17, 15) is 9.59 Å². The highest BCUT2D eigenvalue weighted by Gasteiger charge is 2.41. The molecule has 0 aromatic heterocycles. The van der Waals surface area contributed by atoms with Crippen molar-refractivity contribution in [1.29, 1.82) is 0 Å². The highest BCUT2D eigenvalue weighted by molar-refractivity contribution is 5.97. The summed E-state index contributed by atoms with van der Waals surface area (Å²) >= 11 is 0. The molecule has 2 heterocycles. The Hall–Kier alpha value is -2.28. The van der Waals surface area contributed by atoms with Crippen LogP contribution in [0.3, 0.4) is 0 Å². The fourth-order valence-electron chi connectivity index (χ4n) is 4.13. The van der Waals surface area contributed by atoms with Crippen molar-refractivity contribution in [2.24, 2.45) is 5.92 Å². The van der Waals surface area contributed by atoms with Gasteiger partial charge in [-0.2, -0.15) is 0 Å². The van der Waals surface area contributed by atoms with Gasteiger partial charge in [0.05, 0.1) is 12.1 Å². The maximum Gasteiger partial charge on any atom is 0.315 e. The summed E-state index contributed by atoms with van der Waals surface area (Å²) in [5.41, 5.74) is 1.88. The van der Waals surface area contributed by atoms with Crippen LogP contribution in [0.2, 0.25) is 0 Å². The first-order valence-corrected chi connectivity index (χ1v) is 10.4. The molecule has 1 aliphatic carbocycles. The summed E-state index contributed by atoms with van der Waals surface area (Å²) in [7, 11) is 0. The normalized spacial score (nSPS) is 25.4. The van der Waals surface area contributed by atoms with E-state index in [2.05, 4.69) is 26.9 Å². The summed E-state index contributed by atoms with van der Waals surface area (Å²) in [6.07, 6.45) is 5.74. The zero-order chi connectivity index (χ0) is 19.5. The van der Waals surface area contributed by atoms with Gasteiger partial charge in [0.25, 0.3) is 0 Å². The molecular formula is C21H30N4O3. The van der Waals surface area contributed by atoms with Gasteiger partial charge in [-0.15, -0.1) is 0 Å². The second kappa shape index (κ2) is 8.39. The average molecular weight is 386 g/mol. The molecule has 3 aliphatic rings. The third-order valence-corrected chi connectivity index (χ3v) is 5.86. The van der Waals surface area contributed by atoms with E-state index < -0.39 is 6.04 Å². The minimum Gasteiger partial charge on any atom is -0.376 e. The number of benzene rings is 1. The van der Waals surface area contributed by atoms with Gasteiger partial charge in [-0.25, -0.2) is 4.79 Å². The number of hydrogen-bond acceptors (Lipinski definition) is 4. The van der Waals surface area contributed by atoms with E-state index in [0.717, 1.165) is 30.9 Å². The van der Waals surface area contributed by atoms with Crippen LogP contribution in [-0.4, -0.2) is 49.8 Å². The number of anilines is 2. The molecule has 1 aromatic rings. The number of nitrogens with one attached hydrogen (secondary N) is 3. The number of amides is 3. The summed E-state index contributed by atoms with van der Waals surface area (Å²) < 4.78 is 5.75. The van der Waals surface area contributed by atoms with Crippen LogP contribution in [0.4, 0.5) is 16.2 Å². The molecule has 7 nitrogen and oxygen atoms in total. The van der Waals surface area contributed by atoms with Gasteiger partial charge in [0.1, 0.15) is 6.04 Å². The molecule has 0 radical (unpaired) electrons. The van der Waals surface area contributed by atoms with Crippen LogP contribution in [-0.2, 0) is 9.53 Å². The molecule has 4 rings (SSSR count). The van der Waals surface area contributed by atoms with Crippen molar-refractivity contribution in [3.8, 4) is 0 Å². The maximum absolute atomic E-state index is 12.5.